The van der Waals surface area contributed by atoms with Gasteiger partial charge in [-0.15, -0.1) is 0 Å². The SMILES string of the molecule is [2H]c1c([2H])c(-n2cc(C(=O)OC)ccc2=O)c([2H])c([2H])c1O. The van der Waals surface area contributed by atoms with Gasteiger partial charge in [-0.25, -0.2) is 4.79 Å². The summed E-state index contributed by atoms with van der Waals surface area (Å²) in [6.45, 7) is 0. The fraction of sp³-hybridized carbons (Fsp3) is 0.0769. The molecule has 18 heavy (non-hydrogen) atoms. The summed E-state index contributed by atoms with van der Waals surface area (Å²) in [5, 5.41) is 9.51. The number of hydrogen-bond donors (Lipinski definition) is 1. The third-order valence-corrected chi connectivity index (χ3v) is 2.17. The van der Waals surface area contributed by atoms with E-state index in [-0.39, 0.29) is 11.3 Å². The molecule has 5 heteroatoms. The van der Waals surface area contributed by atoms with Crippen LogP contribution in [0.4, 0.5) is 0 Å². The highest BCUT2D eigenvalue weighted by atomic mass is 16.5. The van der Waals surface area contributed by atoms with Crippen molar-refractivity contribution >= 4 is 5.97 Å². The standard InChI is InChI=1S/C13H11NO4/c1-18-13(17)9-2-7-12(16)14(8-9)10-3-5-11(15)6-4-10/h2-8,15H,1H3/i3D,4D,5D,6D. The Morgan fingerprint density at radius 1 is 1.33 bits per heavy atom. The van der Waals surface area contributed by atoms with Crippen molar-refractivity contribution in [2.75, 3.05) is 7.11 Å². The highest BCUT2D eigenvalue weighted by molar-refractivity contribution is 5.88. The van der Waals surface area contributed by atoms with Crippen LogP contribution in [0.2, 0.25) is 0 Å². The maximum atomic E-state index is 12.0. The number of nitrogens with zero attached hydrogens (tertiary/aromatic N) is 1. The molecular formula is C13H11NO4. The molecule has 2 aromatic rings. The number of benzene rings is 1. The maximum absolute atomic E-state index is 12.0. The smallest absolute Gasteiger partial charge is 0.339 e. The lowest BCUT2D eigenvalue weighted by atomic mass is 10.2. The van der Waals surface area contributed by atoms with E-state index in [0.29, 0.717) is 0 Å². The topological polar surface area (TPSA) is 68.5 Å². The minimum Gasteiger partial charge on any atom is -0.508 e. The molecule has 0 aliphatic rings. The molecule has 0 bridgehead atoms. The van der Waals surface area contributed by atoms with Crippen molar-refractivity contribution in [3.8, 4) is 11.4 Å². The number of aromatic hydroxyl groups is 1. The highest BCUT2D eigenvalue weighted by Gasteiger charge is 2.08. The predicted octanol–water partition coefficient (Wildman–Crippen LogP) is 1.33. The Bertz CT molecular complexity index is 803. The van der Waals surface area contributed by atoms with E-state index in [1.54, 1.807) is 0 Å². The Hall–Kier alpha value is -2.56. The normalized spacial score (nSPS) is 13.2. The molecule has 5 nitrogen and oxygen atoms in total. The number of phenols is 1. The van der Waals surface area contributed by atoms with Crippen LogP contribution in [0.1, 0.15) is 15.8 Å². The van der Waals surface area contributed by atoms with Crippen molar-refractivity contribution < 1.29 is 20.1 Å². The van der Waals surface area contributed by atoms with Crippen molar-refractivity contribution in [2.24, 2.45) is 0 Å². The van der Waals surface area contributed by atoms with E-state index in [9.17, 15) is 14.7 Å². The number of rotatable bonds is 2. The van der Waals surface area contributed by atoms with Gasteiger partial charge in [-0.05, 0) is 30.2 Å². The van der Waals surface area contributed by atoms with E-state index in [1.165, 1.54) is 6.07 Å². The Labute approximate surface area is 108 Å². The van der Waals surface area contributed by atoms with E-state index in [2.05, 4.69) is 4.74 Å². The van der Waals surface area contributed by atoms with Crippen LogP contribution in [-0.2, 0) is 4.74 Å². The Balaban J connectivity index is 2.83. The molecule has 0 aliphatic carbocycles. The van der Waals surface area contributed by atoms with E-state index in [0.717, 1.165) is 23.9 Å². The number of hydrogen-bond acceptors (Lipinski definition) is 4. The summed E-state index contributed by atoms with van der Waals surface area (Å²) in [6, 6.07) is -0.268. The molecule has 1 heterocycles. The lowest BCUT2D eigenvalue weighted by Crippen LogP contribution is -2.18. The number of carbonyl (C=O) groups is 1. The fourth-order valence-corrected chi connectivity index (χ4v) is 1.32. The van der Waals surface area contributed by atoms with Crippen molar-refractivity contribution in [1.82, 2.24) is 4.57 Å². The Kier molecular flexibility index (Phi) is 2.03. The quantitative estimate of drug-likeness (QED) is 0.815. The summed E-state index contributed by atoms with van der Waals surface area (Å²) in [5.74, 6) is -1.53. The van der Waals surface area contributed by atoms with Gasteiger partial charge in [0.1, 0.15) is 5.75 Å². The third kappa shape index (κ3) is 2.24. The first kappa shape index (κ1) is 7.71. The van der Waals surface area contributed by atoms with E-state index < -0.39 is 41.4 Å². The molecule has 0 unspecified atom stereocenters. The van der Waals surface area contributed by atoms with Crippen molar-refractivity contribution in [3.05, 3.63) is 58.4 Å². The summed E-state index contributed by atoms with van der Waals surface area (Å²) in [6.07, 6.45) is 1.06. The van der Waals surface area contributed by atoms with Gasteiger partial charge in [0.2, 0.25) is 0 Å². The molecular weight excluding hydrogens is 234 g/mol. The summed E-state index contributed by atoms with van der Waals surface area (Å²) >= 11 is 0. The molecule has 0 amide bonds. The van der Waals surface area contributed by atoms with Crippen LogP contribution in [0.25, 0.3) is 5.69 Å². The zero-order valence-electron chi connectivity index (χ0n) is 13.4. The van der Waals surface area contributed by atoms with Crippen molar-refractivity contribution in [2.45, 2.75) is 0 Å². The van der Waals surface area contributed by atoms with Crippen LogP contribution in [0.3, 0.4) is 0 Å². The number of pyridine rings is 1. The van der Waals surface area contributed by atoms with Gasteiger partial charge in [-0.2, -0.15) is 0 Å². The number of carbonyl (C=O) groups excluding carboxylic acids is 1. The third-order valence-electron chi connectivity index (χ3n) is 2.17. The van der Waals surface area contributed by atoms with E-state index in [4.69, 9.17) is 5.48 Å². The zero-order chi connectivity index (χ0) is 16.6. The molecule has 0 atom stereocenters. The predicted molar refractivity (Wildman–Crippen MR) is 65.0 cm³/mol. The molecule has 0 fully saturated rings. The largest absolute Gasteiger partial charge is 0.508 e. The van der Waals surface area contributed by atoms with Crippen LogP contribution in [-0.4, -0.2) is 22.8 Å². The molecule has 1 aromatic carbocycles. The monoisotopic (exact) mass is 249 g/mol. The summed E-state index contributed by atoms with van der Waals surface area (Å²) < 4.78 is 36.1. The van der Waals surface area contributed by atoms with Gasteiger partial charge in [0.05, 0.1) is 18.2 Å². The van der Waals surface area contributed by atoms with Gasteiger partial charge in [0, 0.05) is 18.0 Å². The number of aromatic nitrogens is 1. The average molecular weight is 249 g/mol. The average Bonchev–Trinajstić information content (AvgIpc) is 2.52. The van der Waals surface area contributed by atoms with Gasteiger partial charge in [0.15, 0.2) is 0 Å². The lowest BCUT2D eigenvalue weighted by Gasteiger charge is -2.07. The number of ether oxygens (including phenoxy) is 1. The maximum Gasteiger partial charge on any atom is 0.339 e. The van der Waals surface area contributed by atoms with Crippen LogP contribution in [0, 0.1) is 0 Å². The molecule has 0 aliphatic heterocycles. The second kappa shape index (κ2) is 4.75. The van der Waals surface area contributed by atoms with Crippen molar-refractivity contribution in [1.29, 1.82) is 0 Å². The van der Waals surface area contributed by atoms with E-state index in [1.807, 2.05) is 0 Å². The fourth-order valence-electron chi connectivity index (χ4n) is 1.32. The van der Waals surface area contributed by atoms with Crippen LogP contribution >= 0.6 is 0 Å². The van der Waals surface area contributed by atoms with Gasteiger partial charge in [-0.3, -0.25) is 9.36 Å². The summed E-state index contributed by atoms with van der Waals surface area (Å²) in [4.78, 5) is 23.5. The Morgan fingerprint density at radius 2 is 2.00 bits per heavy atom. The summed E-state index contributed by atoms with van der Waals surface area (Å²) in [7, 11) is 1.16. The molecule has 1 N–H and O–H groups in total. The zero-order valence-corrected chi connectivity index (χ0v) is 9.35. The summed E-state index contributed by atoms with van der Waals surface area (Å²) in [5.41, 5.74) is -1.00. The Morgan fingerprint density at radius 3 is 2.61 bits per heavy atom. The molecule has 0 saturated carbocycles. The van der Waals surface area contributed by atoms with Crippen molar-refractivity contribution in [3.63, 3.8) is 0 Å². The van der Waals surface area contributed by atoms with Crippen LogP contribution < -0.4 is 5.56 Å². The highest BCUT2D eigenvalue weighted by Crippen LogP contribution is 2.12. The minimum atomic E-state index is -0.809. The van der Waals surface area contributed by atoms with Gasteiger partial charge >= 0.3 is 5.97 Å². The molecule has 0 radical (unpaired) electrons. The number of phenolic OH excluding ortho intramolecular Hbond substituents is 1. The minimum absolute atomic E-state index is 0.00652. The first-order valence-electron chi connectivity index (χ1n) is 6.90. The van der Waals surface area contributed by atoms with Crippen LogP contribution in [0.15, 0.2) is 47.3 Å². The van der Waals surface area contributed by atoms with Gasteiger partial charge in [-0.1, -0.05) is 0 Å². The number of esters is 1. The van der Waals surface area contributed by atoms with Gasteiger partial charge in [0.25, 0.3) is 5.56 Å². The first-order chi connectivity index (χ1) is 10.3. The molecule has 0 spiro atoms. The first-order valence-corrected chi connectivity index (χ1v) is 4.90. The molecule has 1 aromatic heterocycles. The van der Waals surface area contributed by atoms with E-state index >= 15 is 0 Å². The number of methoxy groups -OCH3 is 1. The van der Waals surface area contributed by atoms with Gasteiger partial charge < -0.3 is 9.84 Å². The second-order valence-corrected chi connectivity index (χ2v) is 3.31. The molecule has 92 valence electrons. The molecule has 0 saturated heterocycles. The second-order valence-electron chi connectivity index (χ2n) is 3.31. The van der Waals surface area contributed by atoms with Crippen LogP contribution in [0.5, 0.6) is 5.75 Å². The molecule has 2 rings (SSSR count). The lowest BCUT2D eigenvalue weighted by molar-refractivity contribution is 0.0600.